The molecule has 0 bridgehead atoms. The van der Waals surface area contributed by atoms with Crippen LogP contribution in [0.3, 0.4) is 0 Å². The molecule has 0 fully saturated rings. The summed E-state index contributed by atoms with van der Waals surface area (Å²) >= 11 is 0. The van der Waals surface area contributed by atoms with E-state index in [-0.39, 0.29) is 11.5 Å². The summed E-state index contributed by atoms with van der Waals surface area (Å²) in [6, 6.07) is 0.866. The summed E-state index contributed by atoms with van der Waals surface area (Å²) in [5.41, 5.74) is 4.54. The van der Waals surface area contributed by atoms with E-state index in [9.17, 15) is 13.2 Å². The zero-order valence-electron chi connectivity index (χ0n) is 7.52. The van der Waals surface area contributed by atoms with Gasteiger partial charge in [0.05, 0.1) is 11.3 Å². The molecule has 1 aromatic rings. The van der Waals surface area contributed by atoms with Crippen molar-refractivity contribution in [1.82, 2.24) is 4.98 Å². The number of aromatic nitrogens is 1. The van der Waals surface area contributed by atoms with Gasteiger partial charge in [-0.05, 0) is 13.0 Å². The van der Waals surface area contributed by atoms with Crippen molar-refractivity contribution in [2.45, 2.75) is 13.1 Å². The minimum Gasteiger partial charge on any atom is -0.396 e. The Labute approximate surface area is 79.1 Å². The Kier molecular flexibility index (Phi) is 2.83. The average Bonchev–Trinajstić information content (AvgIpc) is 2.07. The first-order chi connectivity index (χ1) is 6.45. The smallest absolute Gasteiger partial charge is 0.396 e. The molecule has 1 aromatic heterocycles. The number of nitrogens with one attached hydrogen (secondary N) is 1. The number of hydrogen-bond acceptors (Lipinski definition) is 3. The third-order valence-corrected chi connectivity index (χ3v) is 1.59. The van der Waals surface area contributed by atoms with Gasteiger partial charge in [-0.2, -0.15) is 13.2 Å². The lowest BCUT2D eigenvalue weighted by Gasteiger charge is -2.10. The number of nitrogen functional groups attached to an aromatic ring is 1. The van der Waals surface area contributed by atoms with Crippen molar-refractivity contribution in [3.05, 3.63) is 17.8 Å². The predicted octanol–water partition coefficient (Wildman–Crippen LogP) is 2.11. The summed E-state index contributed by atoms with van der Waals surface area (Å²) in [6.07, 6.45) is -3.64. The average molecular weight is 205 g/mol. The summed E-state index contributed by atoms with van der Waals surface area (Å²) in [4.78, 5) is 3.58. The van der Waals surface area contributed by atoms with Gasteiger partial charge in [0.25, 0.3) is 0 Å². The van der Waals surface area contributed by atoms with Crippen molar-refractivity contribution < 1.29 is 13.2 Å². The Morgan fingerprint density at radius 1 is 1.50 bits per heavy atom. The second-order valence-corrected chi connectivity index (χ2v) is 2.69. The van der Waals surface area contributed by atoms with E-state index in [1.165, 1.54) is 0 Å². The summed E-state index contributed by atoms with van der Waals surface area (Å²) in [6.45, 7) is 2.36. The second-order valence-electron chi connectivity index (χ2n) is 2.69. The zero-order valence-corrected chi connectivity index (χ0v) is 7.52. The van der Waals surface area contributed by atoms with E-state index in [1.807, 2.05) is 0 Å². The van der Waals surface area contributed by atoms with Crippen LogP contribution < -0.4 is 11.1 Å². The summed E-state index contributed by atoms with van der Waals surface area (Å²) in [5.74, 6) is 0.278. The largest absolute Gasteiger partial charge is 0.417 e. The first-order valence-electron chi connectivity index (χ1n) is 4.01. The molecule has 0 spiro atoms. The minimum atomic E-state index is -4.40. The quantitative estimate of drug-likeness (QED) is 0.777. The predicted molar refractivity (Wildman–Crippen MR) is 47.8 cm³/mol. The fourth-order valence-corrected chi connectivity index (χ4v) is 0.952. The molecule has 0 amide bonds. The van der Waals surface area contributed by atoms with Gasteiger partial charge >= 0.3 is 6.18 Å². The van der Waals surface area contributed by atoms with Crippen LogP contribution in [-0.2, 0) is 6.18 Å². The lowest BCUT2D eigenvalue weighted by molar-refractivity contribution is -0.137. The monoisotopic (exact) mass is 205 g/mol. The number of hydrogen-bond donors (Lipinski definition) is 2. The molecular formula is C8H10F3N3. The van der Waals surface area contributed by atoms with E-state index in [2.05, 4.69) is 10.3 Å². The van der Waals surface area contributed by atoms with Crippen LogP contribution in [-0.4, -0.2) is 11.5 Å². The van der Waals surface area contributed by atoms with Crippen molar-refractivity contribution in [3.63, 3.8) is 0 Å². The normalized spacial score (nSPS) is 11.4. The molecule has 1 heterocycles. The van der Waals surface area contributed by atoms with Crippen LogP contribution in [0.1, 0.15) is 12.5 Å². The van der Waals surface area contributed by atoms with Gasteiger partial charge in [-0.15, -0.1) is 0 Å². The molecular weight excluding hydrogens is 195 g/mol. The highest BCUT2D eigenvalue weighted by molar-refractivity contribution is 5.61. The SMILES string of the molecule is CCNc1ncc(C(F)(F)F)cc1N. The van der Waals surface area contributed by atoms with Crippen LogP contribution in [0, 0.1) is 0 Å². The number of nitrogens with zero attached hydrogens (tertiary/aromatic N) is 1. The molecule has 0 aliphatic heterocycles. The number of halogens is 3. The summed E-state index contributed by atoms with van der Waals surface area (Å²) in [7, 11) is 0. The molecule has 14 heavy (non-hydrogen) atoms. The molecule has 0 aliphatic carbocycles. The topological polar surface area (TPSA) is 50.9 Å². The van der Waals surface area contributed by atoms with Crippen molar-refractivity contribution in [2.24, 2.45) is 0 Å². The van der Waals surface area contributed by atoms with E-state index in [4.69, 9.17) is 5.73 Å². The van der Waals surface area contributed by atoms with Gasteiger partial charge in [0, 0.05) is 12.7 Å². The third-order valence-electron chi connectivity index (χ3n) is 1.59. The van der Waals surface area contributed by atoms with E-state index in [0.29, 0.717) is 6.54 Å². The Morgan fingerprint density at radius 3 is 2.57 bits per heavy atom. The van der Waals surface area contributed by atoms with Gasteiger partial charge in [0.15, 0.2) is 0 Å². The van der Waals surface area contributed by atoms with E-state index in [1.54, 1.807) is 6.92 Å². The maximum atomic E-state index is 12.2. The number of nitrogens with two attached hydrogens (primary N) is 1. The van der Waals surface area contributed by atoms with Crippen LogP contribution in [0.2, 0.25) is 0 Å². The molecule has 6 heteroatoms. The van der Waals surface area contributed by atoms with Crippen LogP contribution >= 0.6 is 0 Å². The molecule has 3 N–H and O–H groups in total. The Balaban J connectivity index is 3.01. The first-order valence-corrected chi connectivity index (χ1v) is 4.01. The highest BCUT2D eigenvalue weighted by atomic mass is 19.4. The van der Waals surface area contributed by atoms with E-state index < -0.39 is 11.7 Å². The highest BCUT2D eigenvalue weighted by Crippen LogP contribution is 2.31. The van der Waals surface area contributed by atoms with Crippen molar-refractivity contribution >= 4 is 11.5 Å². The molecule has 0 aliphatic rings. The van der Waals surface area contributed by atoms with Crippen LogP contribution in [0.25, 0.3) is 0 Å². The molecule has 0 aromatic carbocycles. The molecule has 0 saturated carbocycles. The third kappa shape index (κ3) is 2.27. The van der Waals surface area contributed by atoms with Crippen molar-refractivity contribution in [1.29, 1.82) is 0 Å². The Morgan fingerprint density at radius 2 is 2.14 bits per heavy atom. The molecule has 0 unspecified atom stereocenters. The van der Waals surface area contributed by atoms with Crippen LogP contribution in [0.5, 0.6) is 0 Å². The number of pyridine rings is 1. The molecule has 0 radical (unpaired) electrons. The Hall–Kier alpha value is -1.46. The summed E-state index contributed by atoms with van der Waals surface area (Å²) < 4.78 is 36.5. The molecule has 1 rings (SSSR count). The van der Waals surface area contributed by atoms with E-state index >= 15 is 0 Å². The minimum absolute atomic E-state index is 0.00155. The molecule has 78 valence electrons. The van der Waals surface area contributed by atoms with Gasteiger partial charge in [-0.25, -0.2) is 4.98 Å². The van der Waals surface area contributed by atoms with Gasteiger partial charge in [-0.1, -0.05) is 0 Å². The lowest BCUT2D eigenvalue weighted by Crippen LogP contribution is -2.09. The maximum Gasteiger partial charge on any atom is 0.417 e. The number of anilines is 2. The standard InChI is InChI=1S/C8H10F3N3/c1-2-13-7-6(12)3-5(4-14-7)8(9,10)11/h3-4H,2,12H2,1H3,(H,13,14). The van der Waals surface area contributed by atoms with Crippen LogP contribution in [0.15, 0.2) is 12.3 Å². The second kappa shape index (κ2) is 3.73. The lowest BCUT2D eigenvalue weighted by atomic mass is 10.2. The van der Waals surface area contributed by atoms with Crippen molar-refractivity contribution in [2.75, 3.05) is 17.6 Å². The molecule has 0 atom stereocenters. The fraction of sp³-hybridized carbons (Fsp3) is 0.375. The highest BCUT2D eigenvalue weighted by Gasteiger charge is 2.31. The van der Waals surface area contributed by atoms with Crippen molar-refractivity contribution in [3.8, 4) is 0 Å². The zero-order chi connectivity index (χ0) is 10.8. The van der Waals surface area contributed by atoms with Gasteiger partial charge in [0.2, 0.25) is 0 Å². The fourth-order valence-electron chi connectivity index (χ4n) is 0.952. The van der Waals surface area contributed by atoms with Gasteiger partial charge in [-0.3, -0.25) is 0 Å². The number of alkyl halides is 3. The van der Waals surface area contributed by atoms with Crippen LogP contribution in [0.4, 0.5) is 24.7 Å². The van der Waals surface area contributed by atoms with E-state index in [0.717, 1.165) is 12.3 Å². The Bertz CT molecular complexity index is 322. The molecule has 0 saturated heterocycles. The summed E-state index contributed by atoms with van der Waals surface area (Å²) in [5, 5.41) is 2.75. The molecule has 3 nitrogen and oxygen atoms in total. The number of rotatable bonds is 2. The maximum absolute atomic E-state index is 12.2. The van der Waals surface area contributed by atoms with Gasteiger partial charge < -0.3 is 11.1 Å². The first kappa shape index (κ1) is 10.6. The van der Waals surface area contributed by atoms with Gasteiger partial charge in [0.1, 0.15) is 5.82 Å².